The van der Waals surface area contributed by atoms with E-state index in [1.165, 1.54) is 13.2 Å². The Morgan fingerprint density at radius 1 is 1.14 bits per heavy atom. The van der Waals surface area contributed by atoms with Gasteiger partial charge in [0.25, 0.3) is 0 Å². The summed E-state index contributed by atoms with van der Waals surface area (Å²) in [5.74, 6) is 0.402. The smallest absolute Gasteiger partial charge is 0.165 e. The van der Waals surface area contributed by atoms with Crippen molar-refractivity contribution in [3.63, 3.8) is 0 Å². The highest BCUT2D eigenvalue weighted by atomic mass is 19.1. The molecule has 0 heterocycles. The van der Waals surface area contributed by atoms with Crippen molar-refractivity contribution in [2.75, 3.05) is 7.11 Å². The first-order valence-electron chi connectivity index (χ1n) is 6.75. The largest absolute Gasteiger partial charge is 0.494 e. The molecule has 2 aromatic carbocycles. The molecule has 0 spiro atoms. The van der Waals surface area contributed by atoms with E-state index >= 15 is 0 Å². The summed E-state index contributed by atoms with van der Waals surface area (Å²) in [6.07, 6.45) is -0.617. The van der Waals surface area contributed by atoms with E-state index < -0.39 is 11.9 Å². The van der Waals surface area contributed by atoms with Crippen LogP contribution in [-0.2, 0) is 6.61 Å². The second kappa shape index (κ2) is 6.59. The van der Waals surface area contributed by atoms with E-state index in [-0.39, 0.29) is 12.4 Å². The number of hydrogen-bond acceptors (Lipinski definition) is 3. The lowest BCUT2D eigenvalue weighted by atomic mass is 10.1. The number of aliphatic hydroxyl groups excluding tert-OH is 1. The summed E-state index contributed by atoms with van der Waals surface area (Å²) < 4.78 is 24.2. The van der Waals surface area contributed by atoms with Crippen molar-refractivity contribution in [2.24, 2.45) is 0 Å². The van der Waals surface area contributed by atoms with Crippen molar-refractivity contribution in [1.29, 1.82) is 0 Å². The van der Waals surface area contributed by atoms with Crippen LogP contribution < -0.4 is 9.47 Å². The van der Waals surface area contributed by atoms with Crippen LogP contribution in [-0.4, -0.2) is 12.2 Å². The van der Waals surface area contributed by atoms with Gasteiger partial charge in [0.05, 0.1) is 13.2 Å². The highest BCUT2D eigenvalue weighted by Gasteiger charge is 2.10. The molecule has 1 atom stereocenters. The van der Waals surface area contributed by atoms with Crippen molar-refractivity contribution in [3.8, 4) is 11.5 Å². The minimum Gasteiger partial charge on any atom is -0.494 e. The Morgan fingerprint density at radius 3 is 2.52 bits per heavy atom. The first kappa shape index (κ1) is 15.3. The Labute approximate surface area is 124 Å². The van der Waals surface area contributed by atoms with Gasteiger partial charge < -0.3 is 14.6 Å². The molecule has 2 aromatic rings. The lowest BCUT2D eigenvalue weighted by Gasteiger charge is -2.14. The van der Waals surface area contributed by atoms with Crippen molar-refractivity contribution in [3.05, 3.63) is 58.9 Å². The zero-order valence-electron chi connectivity index (χ0n) is 12.4. The second-order valence-corrected chi connectivity index (χ2v) is 4.97. The molecule has 112 valence electrons. The fourth-order valence-corrected chi connectivity index (χ4v) is 2.07. The molecule has 0 aromatic heterocycles. The van der Waals surface area contributed by atoms with Gasteiger partial charge in [-0.05, 0) is 43.2 Å². The average molecular weight is 290 g/mol. The summed E-state index contributed by atoms with van der Waals surface area (Å²) in [5, 5.41) is 9.75. The van der Waals surface area contributed by atoms with Crippen molar-refractivity contribution >= 4 is 0 Å². The zero-order chi connectivity index (χ0) is 15.4. The molecule has 1 N–H and O–H groups in total. The molecular formula is C17H19FO3. The van der Waals surface area contributed by atoms with E-state index in [0.717, 1.165) is 11.1 Å². The summed E-state index contributed by atoms with van der Waals surface area (Å²) in [6, 6.07) is 10.3. The molecule has 0 saturated heterocycles. The van der Waals surface area contributed by atoms with Gasteiger partial charge in [-0.25, -0.2) is 4.39 Å². The molecule has 0 unspecified atom stereocenters. The molecule has 0 radical (unpaired) electrons. The third-order valence-electron chi connectivity index (χ3n) is 3.23. The maximum atomic E-state index is 13.6. The predicted molar refractivity (Wildman–Crippen MR) is 79.1 cm³/mol. The van der Waals surface area contributed by atoms with Crippen molar-refractivity contribution in [1.82, 2.24) is 0 Å². The molecule has 2 rings (SSSR count). The molecule has 0 bridgehead atoms. The molecule has 21 heavy (non-hydrogen) atoms. The topological polar surface area (TPSA) is 38.7 Å². The Balaban J connectivity index is 2.16. The summed E-state index contributed by atoms with van der Waals surface area (Å²) >= 11 is 0. The predicted octanol–water partition coefficient (Wildman–Crippen LogP) is 3.78. The van der Waals surface area contributed by atoms with Crippen molar-refractivity contribution < 1.29 is 19.0 Å². The van der Waals surface area contributed by atoms with E-state index in [0.29, 0.717) is 11.3 Å². The van der Waals surface area contributed by atoms with Crippen LogP contribution in [0.25, 0.3) is 0 Å². The lowest BCUT2D eigenvalue weighted by molar-refractivity contribution is 0.190. The van der Waals surface area contributed by atoms with Gasteiger partial charge in [-0.3, -0.25) is 0 Å². The molecule has 0 fully saturated rings. The number of rotatable bonds is 5. The average Bonchev–Trinajstić information content (AvgIpc) is 2.45. The standard InChI is InChI=1S/C17H19FO3/c1-11-4-6-14(12(2)19)17(8-11)21-10-13-5-7-16(20-3)15(18)9-13/h4-9,12,19H,10H2,1-3H3/t12-/m1/s1. The van der Waals surface area contributed by atoms with Gasteiger partial charge in [0.1, 0.15) is 12.4 Å². The van der Waals surface area contributed by atoms with E-state index in [2.05, 4.69) is 0 Å². The van der Waals surface area contributed by atoms with E-state index in [9.17, 15) is 9.50 Å². The van der Waals surface area contributed by atoms with Crippen LogP contribution in [0.2, 0.25) is 0 Å². The molecule has 0 saturated carbocycles. The van der Waals surface area contributed by atoms with Crippen LogP contribution in [0.3, 0.4) is 0 Å². The van der Waals surface area contributed by atoms with E-state index in [1.807, 2.05) is 25.1 Å². The summed E-state index contributed by atoms with van der Waals surface area (Å²) in [6.45, 7) is 3.86. The number of methoxy groups -OCH3 is 1. The highest BCUT2D eigenvalue weighted by molar-refractivity contribution is 5.38. The molecule has 0 aliphatic rings. The van der Waals surface area contributed by atoms with Crippen LogP contribution in [0.15, 0.2) is 36.4 Å². The van der Waals surface area contributed by atoms with Crippen LogP contribution in [0.1, 0.15) is 29.7 Å². The first-order valence-corrected chi connectivity index (χ1v) is 6.75. The first-order chi connectivity index (χ1) is 10.0. The number of aliphatic hydroxyl groups is 1. The highest BCUT2D eigenvalue weighted by Crippen LogP contribution is 2.27. The maximum Gasteiger partial charge on any atom is 0.165 e. The molecular weight excluding hydrogens is 271 g/mol. The molecule has 0 amide bonds. The molecule has 0 aliphatic carbocycles. The second-order valence-electron chi connectivity index (χ2n) is 4.97. The Hall–Kier alpha value is -2.07. The van der Waals surface area contributed by atoms with Gasteiger partial charge in [-0.15, -0.1) is 0 Å². The molecule has 4 heteroatoms. The third kappa shape index (κ3) is 3.73. The van der Waals surface area contributed by atoms with Crippen LogP contribution in [0, 0.1) is 12.7 Å². The van der Waals surface area contributed by atoms with Crippen LogP contribution in [0.5, 0.6) is 11.5 Å². The normalized spacial score (nSPS) is 12.0. The van der Waals surface area contributed by atoms with Crippen molar-refractivity contribution in [2.45, 2.75) is 26.6 Å². The fourth-order valence-electron chi connectivity index (χ4n) is 2.07. The summed E-state index contributed by atoms with van der Waals surface area (Å²) in [4.78, 5) is 0. The molecule has 3 nitrogen and oxygen atoms in total. The Morgan fingerprint density at radius 2 is 1.90 bits per heavy atom. The lowest BCUT2D eigenvalue weighted by Crippen LogP contribution is -2.02. The van der Waals surface area contributed by atoms with Crippen LogP contribution >= 0.6 is 0 Å². The van der Waals surface area contributed by atoms with Gasteiger partial charge in [-0.1, -0.05) is 18.2 Å². The van der Waals surface area contributed by atoms with Gasteiger partial charge in [-0.2, -0.15) is 0 Å². The molecule has 0 aliphatic heterocycles. The number of aryl methyl sites for hydroxylation is 1. The zero-order valence-corrected chi connectivity index (χ0v) is 12.4. The number of hydrogen-bond donors (Lipinski definition) is 1. The number of halogens is 1. The SMILES string of the molecule is COc1ccc(COc2cc(C)ccc2[C@@H](C)O)cc1F. The number of ether oxygens (including phenoxy) is 2. The van der Waals surface area contributed by atoms with E-state index in [4.69, 9.17) is 9.47 Å². The van der Waals surface area contributed by atoms with Crippen LogP contribution in [0.4, 0.5) is 4.39 Å². The minimum absolute atomic E-state index is 0.207. The quantitative estimate of drug-likeness (QED) is 0.911. The Kier molecular flexibility index (Phi) is 4.81. The van der Waals surface area contributed by atoms with Gasteiger partial charge in [0.2, 0.25) is 0 Å². The fraction of sp³-hybridized carbons (Fsp3) is 0.294. The Bertz CT molecular complexity index is 623. The monoisotopic (exact) mass is 290 g/mol. The summed E-state index contributed by atoms with van der Waals surface area (Å²) in [7, 11) is 1.43. The van der Waals surface area contributed by atoms with Gasteiger partial charge >= 0.3 is 0 Å². The third-order valence-corrected chi connectivity index (χ3v) is 3.23. The maximum absolute atomic E-state index is 13.6. The van der Waals surface area contributed by atoms with Gasteiger partial charge in [0, 0.05) is 5.56 Å². The minimum atomic E-state index is -0.617. The van der Waals surface area contributed by atoms with E-state index in [1.54, 1.807) is 19.1 Å². The van der Waals surface area contributed by atoms with Gasteiger partial charge in [0.15, 0.2) is 11.6 Å². The number of benzene rings is 2. The summed E-state index contributed by atoms with van der Waals surface area (Å²) in [5.41, 5.74) is 2.45.